The van der Waals surface area contributed by atoms with Crippen molar-refractivity contribution >= 4 is 22.5 Å². The zero-order valence-electron chi connectivity index (χ0n) is 11.5. The van der Waals surface area contributed by atoms with E-state index in [2.05, 4.69) is 10.3 Å². The summed E-state index contributed by atoms with van der Waals surface area (Å²) in [4.78, 5) is 14.9. The minimum Gasteiger partial charge on any atom is -0.351 e. The summed E-state index contributed by atoms with van der Waals surface area (Å²) < 4.78 is 51.9. The van der Waals surface area contributed by atoms with Crippen LogP contribution in [0.4, 0.5) is 23.2 Å². The summed E-state index contributed by atoms with van der Waals surface area (Å²) in [6, 6.07) is 9.97. The Morgan fingerprint density at radius 1 is 1.04 bits per heavy atom. The number of amides is 1. The van der Waals surface area contributed by atoms with E-state index in [4.69, 9.17) is 0 Å². The highest BCUT2D eigenvalue weighted by Crippen LogP contribution is 2.34. The van der Waals surface area contributed by atoms with Crippen LogP contribution in [0.5, 0.6) is 0 Å². The maximum Gasteiger partial charge on any atom is 0.418 e. The molecule has 2 aromatic carbocycles. The van der Waals surface area contributed by atoms with Crippen molar-refractivity contribution in [1.82, 2.24) is 4.98 Å². The molecule has 0 atom stereocenters. The Morgan fingerprint density at radius 2 is 1.78 bits per heavy atom. The van der Waals surface area contributed by atoms with Crippen LogP contribution in [-0.2, 0) is 6.18 Å². The average Bonchev–Trinajstić information content (AvgIpc) is 2.89. The molecule has 1 amide bonds. The van der Waals surface area contributed by atoms with Gasteiger partial charge in [-0.3, -0.25) is 4.79 Å². The Labute approximate surface area is 127 Å². The lowest BCUT2D eigenvalue weighted by atomic mass is 10.1. The van der Waals surface area contributed by atoms with E-state index in [-0.39, 0.29) is 11.4 Å². The molecule has 3 nitrogen and oxygen atoms in total. The van der Waals surface area contributed by atoms with Gasteiger partial charge in [0, 0.05) is 10.9 Å². The van der Waals surface area contributed by atoms with Crippen LogP contribution in [0.15, 0.2) is 48.5 Å². The van der Waals surface area contributed by atoms with Gasteiger partial charge in [-0.05, 0) is 36.4 Å². The molecular weight excluding hydrogens is 312 g/mol. The molecule has 0 aliphatic rings. The number of hydrogen-bond donors (Lipinski definition) is 2. The quantitative estimate of drug-likeness (QED) is 0.667. The van der Waals surface area contributed by atoms with Crippen molar-refractivity contribution in [3.05, 3.63) is 65.6 Å². The average molecular weight is 322 g/mol. The molecule has 0 bridgehead atoms. The van der Waals surface area contributed by atoms with Gasteiger partial charge in [0.25, 0.3) is 5.91 Å². The largest absolute Gasteiger partial charge is 0.418 e. The van der Waals surface area contributed by atoms with Crippen molar-refractivity contribution in [3.8, 4) is 0 Å². The Hall–Kier alpha value is -2.83. The SMILES string of the molecule is O=C(Nc1ccccc1C(F)(F)F)c1cc2cc(F)ccc2[nH]1. The fraction of sp³-hybridized carbons (Fsp3) is 0.0625. The van der Waals surface area contributed by atoms with Gasteiger partial charge in [-0.15, -0.1) is 0 Å². The van der Waals surface area contributed by atoms with Gasteiger partial charge in [-0.2, -0.15) is 13.2 Å². The molecule has 0 radical (unpaired) electrons. The summed E-state index contributed by atoms with van der Waals surface area (Å²) in [5, 5.41) is 2.68. The van der Waals surface area contributed by atoms with Gasteiger partial charge in [-0.25, -0.2) is 4.39 Å². The Kier molecular flexibility index (Phi) is 3.55. The zero-order chi connectivity index (χ0) is 16.6. The second-order valence-electron chi connectivity index (χ2n) is 4.91. The van der Waals surface area contributed by atoms with Crippen molar-refractivity contribution in [2.24, 2.45) is 0 Å². The number of carbonyl (C=O) groups is 1. The first-order chi connectivity index (χ1) is 10.8. The van der Waals surface area contributed by atoms with Crippen LogP contribution in [0, 0.1) is 5.82 Å². The minimum absolute atomic E-state index is 0.0441. The molecule has 0 saturated heterocycles. The van der Waals surface area contributed by atoms with E-state index < -0.39 is 23.5 Å². The van der Waals surface area contributed by atoms with Crippen LogP contribution >= 0.6 is 0 Å². The number of alkyl halides is 3. The summed E-state index contributed by atoms with van der Waals surface area (Å²) in [5.74, 6) is -1.20. The van der Waals surface area contributed by atoms with Crippen LogP contribution in [0.1, 0.15) is 16.1 Å². The van der Waals surface area contributed by atoms with Gasteiger partial charge >= 0.3 is 6.18 Å². The van der Waals surface area contributed by atoms with Crippen LogP contribution in [0.3, 0.4) is 0 Å². The van der Waals surface area contributed by atoms with Gasteiger partial charge in [-0.1, -0.05) is 12.1 Å². The third kappa shape index (κ3) is 3.03. The maximum atomic E-state index is 13.1. The summed E-state index contributed by atoms with van der Waals surface area (Å²) >= 11 is 0. The number of H-pyrrole nitrogens is 1. The van der Waals surface area contributed by atoms with E-state index in [1.54, 1.807) is 0 Å². The lowest BCUT2D eigenvalue weighted by Gasteiger charge is -2.12. The monoisotopic (exact) mass is 322 g/mol. The summed E-state index contributed by atoms with van der Waals surface area (Å²) in [5.41, 5.74) is -0.714. The first kappa shape index (κ1) is 15.1. The lowest BCUT2D eigenvalue weighted by Crippen LogP contribution is -2.16. The van der Waals surface area contributed by atoms with Gasteiger partial charge < -0.3 is 10.3 Å². The summed E-state index contributed by atoms with van der Waals surface area (Å²) in [7, 11) is 0. The van der Waals surface area contributed by atoms with Crippen LogP contribution in [0.25, 0.3) is 10.9 Å². The number of benzene rings is 2. The third-order valence-electron chi connectivity index (χ3n) is 3.31. The van der Waals surface area contributed by atoms with Crippen LogP contribution in [-0.4, -0.2) is 10.9 Å². The van der Waals surface area contributed by atoms with Gasteiger partial charge in [0.15, 0.2) is 0 Å². The lowest BCUT2D eigenvalue weighted by molar-refractivity contribution is -0.136. The van der Waals surface area contributed by atoms with E-state index in [1.165, 1.54) is 42.5 Å². The number of fused-ring (bicyclic) bond motifs is 1. The van der Waals surface area contributed by atoms with E-state index in [9.17, 15) is 22.4 Å². The molecule has 23 heavy (non-hydrogen) atoms. The first-order valence-electron chi connectivity index (χ1n) is 6.60. The van der Waals surface area contributed by atoms with Crippen molar-refractivity contribution in [2.75, 3.05) is 5.32 Å². The number of halogens is 4. The number of carbonyl (C=O) groups excluding carboxylic acids is 1. The summed E-state index contributed by atoms with van der Waals surface area (Å²) in [6.45, 7) is 0. The number of hydrogen-bond acceptors (Lipinski definition) is 1. The number of aromatic nitrogens is 1. The molecule has 1 heterocycles. The fourth-order valence-electron chi connectivity index (χ4n) is 2.25. The van der Waals surface area contributed by atoms with Crippen molar-refractivity contribution in [1.29, 1.82) is 0 Å². The highest BCUT2D eigenvalue weighted by Gasteiger charge is 2.33. The van der Waals surface area contributed by atoms with E-state index >= 15 is 0 Å². The molecular formula is C16H10F4N2O. The standard InChI is InChI=1S/C16H10F4N2O/c17-10-5-6-12-9(7-10)8-14(21-12)15(23)22-13-4-2-1-3-11(13)16(18,19)20/h1-8,21H,(H,22,23). The molecule has 1 aromatic heterocycles. The Morgan fingerprint density at radius 3 is 2.52 bits per heavy atom. The topological polar surface area (TPSA) is 44.9 Å². The molecule has 3 aromatic rings. The predicted molar refractivity (Wildman–Crippen MR) is 77.7 cm³/mol. The molecule has 0 aliphatic heterocycles. The highest BCUT2D eigenvalue weighted by molar-refractivity contribution is 6.06. The van der Waals surface area contributed by atoms with Gasteiger partial charge in [0.1, 0.15) is 11.5 Å². The number of para-hydroxylation sites is 1. The van der Waals surface area contributed by atoms with E-state index in [0.717, 1.165) is 6.07 Å². The molecule has 0 unspecified atom stereocenters. The second-order valence-corrected chi connectivity index (χ2v) is 4.91. The molecule has 7 heteroatoms. The number of nitrogens with one attached hydrogen (secondary N) is 2. The van der Waals surface area contributed by atoms with Crippen molar-refractivity contribution in [3.63, 3.8) is 0 Å². The Bertz CT molecular complexity index is 883. The molecule has 0 fully saturated rings. The predicted octanol–water partition coefficient (Wildman–Crippen LogP) is 4.58. The molecule has 118 valence electrons. The van der Waals surface area contributed by atoms with Gasteiger partial charge in [0.05, 0.1) is 11.3 Å². The first-order valence-corrected chi connectivity index (χ1v) is 6.60. The molecule has 3 rings (SSSR count). The van der Waals surface area contributed by atoms with E-state index in [0.29, 0.717) is 10.9 Å². The van der Waals surface area contributed by atoms with Crippen molar-refractivity contribution < 1.29 is 22.4 Å². The highest BCUT2D eigenvalue weighted by atomic mass is 19.4. The van der Waals surface area contributed by atoms with Crippen LogP contribution < -0.4 is 5.32 Å². The van der Waals surface area contributed by atoms with Gasteiger partial charge in [0.2, 0.25) is 0 Å². The molecule has 2 N–H and O–H groups in total. The third-order valence-corrected chi connectivity index (χ3v) is 3.31. The maximum absolute atomic E-state index is 13.1. The fourth-order valence-corrected chi connectivity index (χ4v) is 2.25. The molecule has 0 saturated carbocycles. The Balaban J connectivity index is 1.92. The van der Waals surface area contributed by atoms with E-state index in [1.807, 2.05) is 0 Å². The zero-order valence-corrected chi connectivity index (χ0v) is 11.5. The number of anilines is 1. The van der Waals surface area contributed by atoms with Crippen molar-refractivity contribution in [2.45, 2.75) is 6.18 Å². The van der Waals surface area contributed by atoms with Crippen LogP contribution in [0.2, 0.25) is 0 Å². The smallest absolute Gasteiger partial charge is 0.351 e. The molecule has 0 aliphatic carbocycles. The minimum atomic E-state index is -4.58. The number of aromatic amines is 1. The second kappa shape index (κ2) is 5.42. The normalized spacial score (nSPS) is 11.7. The molecule has 0 spiro atoms. The summed E-state index contributed by atoms with van der Waals surface area (Å²) in [6.07, 6.45) is -4.58. The number of rotatable bonds is 2.